The van der Waals surface area contributed by atoms with E-state index < -0.39 is 0 Å². The zero-order valence-corrected chi connectivity index (χ0v) is 19.0. The maximum absolute atomic E-state index is 13.2. The van der Waals surface area contributed by atoms with Gasteiger partial charge in [-0.3, -0.25) is 9.98 Å². The molecule has 0 aliphatic rings. The predicted octanol–water partition coefficient (Wildman–Crippen LogP) is 3.06. The molecular formula is C20H24FIN6O2. The quantitative estimate of drug-likeness (QED) is 0.265. The Morgan fingerprint density at radius 3 is 2.83 bits per heavy atom. The summed E-state index contributed by atoms with van der Waals surface area (Å²) in [5, 5.41) is 10.3. The lowest BCUT2D eigenvalue weighted by Crippen LogP contribution is -2.42. The van der Waals surface area contributed by atoms with Gasteiger partial charge in [-0.1, -0.05) is 17.3 Å². The Morgan fingerprint density at radius 2 is 2.10 bits per heavy atom. The van der Waals surface area contributed by atoms with Crippen molar-refractivity contribution in [1.29, 1.82) is 0 Å². The number of pyridine rings is 1. The van der Waals surface area contributed by atoms with Crippen LogP contribution in [0.5, 0.6) is 5.75 Å². The van der Waals surface area contributed by atoms with Gasteiger partial charge in [-0.2, -0.15) is 4.98 Å². The zero-order valence-electron chi connectivity index (χ0n) is 16.7. The monoisotopic (exact) mass is 526 g/mol. The molecule has 0 aliphatic heterocycles. The van der Waals surface area contributed by atoms with Crippen molar-refractivity contribution in [3.63, 3.8) is 0 Å². The molecule has 0 saturated carbocycles. The van der Waals surface area contributed by atoms with Gasteiger partial charge >= 0.3 is 0 Å². The van der Waals surface area contributed by atoms with E-state index in [0.717, 1.165) is 0 Å². The summed E-state index contributed by atoms with van der Waals surface area (Å²) in [6.07, 6.45) is 2.07. The van der Waals surface area contributed by atoms with Crippen LogP contribution in [0.2, 0.25) is 0 Å². The fourth-order valence-corrected chi connectivity index (χ4v) is 2.52. The summed E-state index contributed by atoms with van der Waals surface area (Å²) < 4.78 is 24.1. The van der Waals surface area contributed by atoms with E-state index in [4.69, 9.17) is 9.26 Å². The smallest absolute Gasteiger partial charge is 0.276 e. The molecule has 0 spiro atoms. The van der Waals surface area contributed by atoms with Crippen LogP contribution in [0, 0.1) is 5.82 Å². The van der Waals surface area contributed by atoms with E-state index in [1.165, 1.54) is 12.1 Å². The van der Waals surface area contributed by atoms with E-state index >= 15 is 0 Å². The number of aliphatic imine (C=N–C) groups is 1. The number of rotatable bonds is 8. The molecule has 0 amide bonds. The number of nitrogens with zero attached hydrogens (tertiary/aromatic N) is 4. The normalized spacial score (nSPS) is 12.0. The Balaban J connectivity index is 0.00000320. The highest BCUT2D eigenvalue weighted by atomic mass is 127. The topological polar surface area (TPSA) is 97.5 Å². The SMILES string of the molecule is CN=C(NCCc1noc(-c2ccccn2)n1)NCC(C)Oc1cccc(F)c1.I. The van der Waals surface area contributed by atoms with Gasteiger partial charge in [0, 0.05) is 32.3 Å². The summed E-state index contributed by atoms with van der Waals surface area (Å²) in [4.78, 5) is 12.7. The molecule has 0 radical (unpaired) electrons. The summed E-state index contributed by atoms with van der Waals surface area (Å²) in [6.45, 7) is 2.96. The second-order valence-corrected chi connectivity index (χ2v) is 6.25. The molecule has 0 fully saturated rings. The first-order valence-electron chi connectivity index (χ1n) is 9.25. The van der Waals surface area contributed by atoms with Crippen LogP contribution < -0.4 is 15.4 Å². The number of aromatic nitrogens is 3. The molecule has 3 aromatic rings. The number of halogens is 2. The van der Waals surface area contributed by atoms with Crippen LogP contribution in [0.1, 0.15) is 12.7 Å². The summed E-state index contributed by atoms with van der Waals surface area (Å²) >= 11 is 0. The third-order valence-electron chi connectivity index (χ3n) is 3.91. The van der Waals surface area contributed by atoms with Crippen LogP contribution in [0.3, 0.4) is 0 Å². The molecule has 10 heteroatoms. The molecule has 2 N–H and O–H groups in total. The molecular weight excluding hydrogens is 502 g/mol. The minimum Gasteiger partial charge on any atom is -0.489 e. The van der Waals surface area contributed by atoms with Gasteiger partial charge in [0.25, 0.3) is 5.89 Å². The minimum atomic E-state index is -0.326. The first-order valence-corrected chi connectivity index (χ1v) is 9.25. The van der Waals surface area contributed by atoms with Gasteiger partial charge in [0.1, 0.15) is 23.4 Å². The van der Waals surface area contributed by atoms with E-state index in [-0.39, 0.29) is 35.9 Å². The molecule has 3 rings (SSSR count). The van der Waals surface area contributed by atoms with Crippen molar-refractivity contribution >= 4 is 29.9 Å². The molecule has 8 nitrogen and oxygen atoms in total. The highest BCUT2D eigenvalue weighted by molar-refractivity contribution is 14.0. The number of ether oxygens (including phenoxy) is 1. The molecule has 1 atom stereocenters. The second-order valence-electron chi connectivity index (χ2n) is 6.25. The van der Waals surface area contributed by atoms with Crippen LogP contribution >= 0.6 is 24.0 Å². The predicted molar refractivity (Wildman–Crippen MR) is 123 cm³/mol. The number of hydrogen-bond donors (Lipinski definition) is 2. The molecule has 0 aliphatic carbocycles. The van der Waals surface area contributed by atoms with E-state index in [0.29, 0.717) is 48.6 Å². The molecule has 1 aromatic carbocycles. The van der Waals surface area contributed by atoms with Gasteiger partial charge in [0.05, 0.1) is 6.54 Å². The zero-order chi connectivity index (χ0) is 20.5. The van der Waals surface area contributed by atoms with Crippen molar-refractivity contribution in [2.24, 2.45) is 4.99 Å². The number of nitrogens with one attached hydrogen (secondary N) is 2. The van der Waals surface area contributed by atoms with Crippen LogP contribution in [0.15, 0.2) is 58.2 Å². The Morgan fingerprint density at radius 1 is 1.23 bits per heavy atom. The maximum Gasteiger partial charge on any atom is 0.276 e. The van der Waals surface area contributed by atoms with E-state index in [9.17, 15) is 4.39 Å². The van der Waals surface area contributed by atoms with Crippen LogP contribution in [0.4, 0.5) is 4.39 Å². The Bertz CT molecular complexity index is 938. The lowest BCUT2D eigenvalue weighted by molar-refractivity contribution is 0.223. The van der Waals surface area contributed by atoms with Crippen LogP contribution in [-0.2, 0) is 6.42 Å². The van der Waals surface area contributed by atoms with Crippen molar-refractivity contribution < 1.29 is 13.7 Å². The third-order valence-corrected chi connectivity index (χ3v) is 3.91. The lowest BCUT2D eigenvalue weighted by atomic mass is 10.3. The third kappa shape index (κ3) is 7.25. The second kappa shape index (κ2) is 12.1. The molecule has 1 unspecified atom stereocenters. The van der Waals surface area contributed by atoms with Crippen molar-refractivity contribution in [2.45, 2.75) is 19.4 Å². The van der Waals surface area contributed by atoms with Crippen LogP contribution in [0.25, 0.3) is 11.6 Å². The van der Waals surface area contributed by atoms with Crippen molar-refractivity contribution in [3.8, 4) is 17.3 Å². The van der Waals surface area contributed by atoms with Gasteiger partial charge < -0.3 is 19.9 Å². The largest absolute Gasteiger partial charge is 0.489 e. The standard InChI is InChI=1S/C20H23FN6O2.HI/c1-14(28-16-7-5-6-15(21)12-16)13-25-20(22-2)24-11-9-18-26-19(29-27-18)17-8-3-4-10-23-17;/h3-8,10,12,14H,9,11,13H2,1-2H3,(H2,22,24,25);1H. The van der Waals surface area contributed by atoms with E-state index in [1.807, 2.05) is 25.1 Å². The highest BCUT2D eigenvalue weighted by Crippen LogP contribution is 2.14. The van der Waals surface area contributed by atoms with Crippen molar-refractivity contribution in [2.75, 3.05) is 20.1 Å². The first-order chi connectivity index (χ1) is 14.1. The van der Waals surface area contributed by atoms with Gasteiger partial charge in [-0.25, -0.2) is 4.39 Å². The minimum absolute atomic E-state index is 0. The number of hydrogen-bond acceptors (Lipinski definition) is 6. The van der Waals surface area contributed by atoms with E-state index in [2.05, 4.69) is 30.8 Å². The average Bonchev–Trinajstić information content (AvgIpc) is 3.20. The van der Waals surface area contributed by atoms with E-state index in [1.54, 1.807) is 25.4 Å². The lowest BCUT2D eigenvalue weighted by Gasteiger charge is -2.17. The first kappa shape index (κ1) is 23.5. The Hall–Kier alpha value is -2.76. The Kier molecular flexibility index (Phi) is 9.45. The van der Waals surface area contributed by atoms with Gasteiger partial charge in [-0.05, 0) is 31.2 Å². The summed E-state index contributed by atoms with van der Waals surface area (Å²) in [5.74, 6) is 1.76. The Labute approximate surface area is 191 Å². The van der Waals surface area contributed by atoms with Gasteiger partial charge in [0.15, 0.2) is 11.8 Å². The average molecular weight is 526 g/mol. The molecule has 0 bridgehead atoms. The number of guanidine groups is 1. The summed E-state index contributed by atoms with van der Waals surface area (Å²) in [7, 11) is 1.68. The fraction of sp³-hybridized carbons (Fsp3) is 0.300. The highest BCUT2D eigenvalue weighted by Gasteiger charge is 2.10. The van der Waals surface area contributed by atoms with Gasteiger partial charge in [-0.15, -0.1) is 24.0 Å². The fourth-order valence-electron chi connectivity index (χ4n) is 2.52. The summed E-state index contributed by atoms with van der Waals surface area (Å²) in [5.41, 5.74) is 0.643. The molecule has 0 saturated heterocycles. The molecule has 30 heavy (non-hydrogen) atoms. The number of benzene rings is 1. The molecule has 2 heterocycles. The summed E-state index contributed by atoms with van der Waals surface area (Å²) in [6, 6.07) is 11.6. The van der Waals surface area contributed by atoms with Crippen molar-refractivity contribution in [1.82, 2.24) is 25.8 Å². The molecule has 2 aromatic heterocycles. The van der Waals surface area contributed by atoms with Gasteiger partial charge in [0.2, 0.25) is 0 Å². The molecule has 160 valence electrons. The maximum atomic E-state index is 13.2. The van der Waals surface area contributed by atoms with Crippen LogP contribution in [-0.4, -0.2) is 47.3 Å². The van der Waals surface area contributed by atoms with Crippen molar-refractivity contribution in [3.05, 3.63) is 60.3 Å².